The van der Waals surface area contributed by atoms with Crippen molar-refractivity contribution < 1.29 is 14.3 Å². The molecule has 4 fully saturated rings. The maximum Gasteiger partial charge on any atom is 0.257 e. The second-order valence-corrected chi connectivity index (χ2v) is 10.7. The first-order chi connectivity index (χ1) is 15.5. The molecule has 32 heavy (non-hydrogen) atoms. The second kappa shape index (κ2) is 8.82. The van der Waals surface area contributed by atoms with Crippen molar-refractivity contribution in [3.63, 3.8) is 0 Å². The van der Waals surface area contributed by atoms with Crippen molar-refractivity contribution in [3.05, 3.63) is 40.2 Å². The number of alkyl halides is 1. The normalized spacial score (nSPS) is 28.2. The molecular formula is C25H31BrN2O4. The van der Waals surface area contributed by atoms with Gasteiger partial charge < -0.3 is 19.4 Å². The standard InChI is InChI=1S/C25H31BrN2O4/c1-31-21-4-2-3-19-22(21)28(6-8-32-7-5-26)15-20(23(19)29)24(30)27-25-12-16-9-17(13-25)11-18(10-16)14-25/h2-4,15-18H,5-14H2,1H3,(H,27,30). The summed E-state index contributed by atoms with van der Waals surface area (Å²) in [7, 11) is 1.60. The summed E-state index contributed by atoms with van der Waals surface area (Å²) >= 11 is 3.37. The van der Waals surface area contributed by atoms with E-state index < -0.39 is 0 Å². The zero-order valence-corrected chi connectivity index (χ0v) is 20.2. The number of rotatable bonds is 8. The molecule has 1 N–H and O–H groups in total. The number of amides is 1. The number of nitrogens with zero attached hydrogens (tertiary/aromatic N) is 1. The summed E-state index contributed by atoms with van der Waals surface area (Å²) in [6.07, 6.45) is 8.80. The predicted molar refractivity (Wildman–Crippen MR) is 128 cm³/mol. The number of nitrogens with one attached hydrogen (secondary N) is 1. The Morgan fingerprint density at radius 2 is 1.84 bits per heavy atom. The first kappa shape index (κ1) is 22.0. The summed E-state index contributed by atoms with van der Waals surface area (Å²) in [5.41, 5.74) is 0.542. The Kier molecular flexibility index (Phi) is 6.05. The summed E-state index contributed by atoms with van der Waals surface area (Å²) in [5.74, 6) is 2.56. The number of carbonyl (C=O) groups excluding carboxylic acids is 1. The molecule has 0 saturated heterocycles. The molecule has 1 amide bonds. The molecule has 6 rings (SSSR count). The Labute approximate surface area is 196 Å². The van der Waals surface area contributed by atoms with Crippen molar-refractivity contribution in [1.82, 2.24) is 9.88 Å². The molecule has 4 aliphatic rings. The third kappa shape index (κ3) is 3.98. The van der Waals surface area contributed by atoms with Gasteiger partial charge in [0.25, 0.3) is 5.91 Å². The van der Waals surface area contributed by atoms with Gasteiger partial charge in [-0.3, -0.25) is 9.59 Å². The minimum Gasteiger partial charge on any atom is -0.495 e. The molecule has 0 radical (unpaired) electrons. The van der Waals surface area contributed by atoms with Gasteiger partial charge in [-0.25, -0.2) is 0 Å². The molecule has 1 heterocycles. The number of ether oxygens (including phenoxy) is 2. The molecule has 1 aromatic heterocycles. The number of hydrogen-bond donors (Lipinski definition) is 1. The number of benzene rings is 1. The van der Waals surface area contributed by atoms with Crippen LogP contribution in [-0.2, 0) is 11.3 Å². The number of hydrogen-bond acceptors (Lipinski definition) is 4. The van der Waals surface area contributed by atoms with Gasteiger partial charge in [0, 0.05) is 23.6 Å². The number of carbonyl (C=O) groups is 1. The Bertz CT molecular complexity index is 1040. The van der Waals surface area contributed by atoms with Crippen molar-refractivity contribution in [1.29, 1.82) is 0 Å². The van der Waals surface area contributed by atoms with Crippen LogP contribution in [0.25, 0.3) is 10.9 Å². The van der Waals surface area contributed by atoms with E-state index in [-0.39, 0.29) is 22.4 Å². The van der Waals surface area contributed by atoms with E-state index in [9.17, 15) is 9.59 Å². The van der Waals surface area contributed by atoms with Gasteiger partial charge in [0.15, 0.2) is 0 Å². The summed E-state index contributed by atoms with van der Waals surface area (Å²) in [6.45, 7) is 1.62. The maximum atomic E-state index is 13.5. The van der Waals surface area contributed by atoms with E-state index in [4.69, 9.17) is 9.47 Å². The summed E-state index contributed by atoms with van der Waals surface area (Å²) in [5, 5.41) is 4.62. The minimum absolute atomic E-state index is 0.134. The molecular weight excluding hydrogens is 472 g/mol. The van der Waals surface area contributed by atoms with Crippen molar-refractivity contribution >= 4 is 32.7 Å². The fourth-order valence-electron chi connectivity index (χ4n) is 6.82. The number of aromatic nitrogens is 1. The molecule has 0 aliphatic heterocycles. The van der Waals surface area contributed by atoms with E-state index in [1.54, 1.807) is 25.4 Å². The SMILES string of the molecule is COc1cccc2c(=O)c(C(=O)NC34CC5CC(CC(C5)C3)C4)cn(CCOCCBr)c12. The highest BCUT2D eigenvalue weighted by molar-refractivity contribution is 9.09. The first-order valence-electron chi connectivity index (χ1n) is 11.7. The smallest absolute Gasteiger partial charge is 0.257 e. The average molecular weight is 503 g/mol. The monoisotopic (exact) mass is 502 g/mol. The second-order valence-electron chi connectivity index (χ2n) is 9.88. The highest BCUT2D eigenvalue weighted by Gasteiger charge is 2.51. The summed E-state index contributed by atoms with van der Waals surface area (Å²) in [4.78, 5) is 26.9. The van der Waals surface area contributed by atoms with Crippen LogP contribution in [0.15, 0.2) is 29.2 Å². The van der Waals surface area contributed by atoms with Crippen LogP contribution >= 0.6 is 15.9 Å². The molecule has 0 unspecified atom stereocenters. The van der Waals surface area contributed by atoms with E-state index in [2.05, 4.69) is 21.2 Å². The fourth-order valence-corrected chi connectivity index (χ4v) is 7.05. The number of para-hydroxylation sites is 1. The van der Waals surface area contributed by atoms with Crippen molar-refractivity contribution in [2.75, 3.05) is 25.7 Å². The quantitative estimate of drug-likeness (QED) is 0.435. The van der Waals surface area contributed by atoms with Crippen LogP contribution in [0, 0.1) is 17.8 Å². The lowest BCUT2D eigenvalue weighted by atomic mass is 9.53. The molecule has 172 valence electrons. The van der Waals surface area contributed by atoms with Crippen molar-refractivity contribution in [2.24, 2.45) is 17.8 Å². The number of pyridine rings is 1. The fraction of sp³-hybridized carbons (Fsp3) is 0.600. The predicted octanol–water partition coefficient (Wildman–Crippen LogP) is 4.12. The highest BCUT2D eigenvalue weighted by Crippen LogP contribution is 2.55. The van der Waals surface area contributed by atoms with Crippen LogP contribution < -0.4 is 15.5 Å². The van der Waals surface area contributed by atoms with Crippen LogP contribution in [-0.4, -0.2) is 41.7 Å². The van der Waals surface area contributed by atoms with E-state index >= 15 is 0 Å². The van der Waals surface area contributed by atoms with Gasteiger partial charge >= 0.3 is 0 Å². The molecule has 1 aromatic carbocycles. The molecule has 0 spiro atoms. The van der Waals surface area contributed by atoms with Gasteiger partial charge in [-0.15, -0.1) is 0 Å². The van der Waals surface area contributed by atoms with Crippen LogP contribution in [0.5, 0.6) is 5.75 Å². The van der Waals surface area contributed by atoms with E-state index in [0.29, 0.717) is 36.4 Å². The Morgan fingerprint density at radius 1 is 1.16 bits per heavy atom. The summed E-state index contributed by atoms with van der Waals surface area (Å²) in [6, 6.07) is 5.42. The molecule has 0 atom stereocenters. The highest BCUT2D eigenvalue weighted by atomic mass is 79.9. The lowest BCUT2D eigenvalue weighted by molar-refractivity contribution is -0.0167. The Balaban J connectivity index is 1.48. The molecule has 7 heteroatoms. The van der Waals surface area contributed by atoms with E-state index in [1.807, 2.05) is 10.6 Å². The lowest BCUT2D eigenvalue weighted by Crippen LogP contribution is -2.60. The molecule has 4 bridgehead atoms. The molecule has 4 aliphatic carbocycles. The van der Waals surface area contributed by atoms with E-state index in [0.717, 1.165) is 42.3 Å². The van der Waals surface area contributed by atoms with Crippen LogP contribution in [0.2, 0.25) is 0 Å². The van der Waals surface area contributed by atoms with Crippen molar-refractivity contribution in [3.8, 4) is 5.75 Å². The molecule has 6 nitrogen and oxygen atoms in total. The third-order valence-electron chi connectivity index (χ3n) is 7.64. The topological polar surface area (TPSA) is 69.6 Å². The zero-order chi connectivity index (χ0) is 22.3. The number of fused-ring (bicyclic) bond motifs is 1. The third-order valence-corrected chi connectivity index (χ3v) is 7.96. The van der Waals surface area contributed by atoms with Crippen LogP contribution in [0.4, 0.5) is 0 Å². The van der Waals surface area contributed by atoms with Crippen molar-refractivity contribution in [2.45, 2.75) is 50.6 Å². The molecule has 4 saturated carbocycles. The van der Waals surface area contributed by atoms with Crippen LogP contribution in [0.3, 0.4) is 0 Å². The van der Waals surface area contributed by atoms with Gasteiger partial charge in [0.05, 0.1) is 31.2 Å². The van der Waals surface area contributed by atoms with E-state index in [1.165, 1.54) is 19.3 Å². The zero-order valence-electron chi connectivity index (χ0n) is 18.6. The van der Waals surface area contributed by atoms with Gasteiger partial charge in [0.2, 0.25) is 5.43 Å². The lowest BCUT2D eigenvalue weighted by Gasteiger charge is -2.56. The summed E-state index contributed by atoms with van der Waals surface area (Å²) < 4.78 is 13.1. The maximum absolute atomic E-state index is 13.5. The molecule has 2 aromatic rings. The van der Waals surface area contributed by atoms with Gasteiger partial charge in [-0.1, -0.05) is 22.0 Å². The Hall–Kier alpha value is -1.86. The average Bonchev–Trinajstić information content (AvgIpc) is 2.76. The Morgan fingerprint density at radius 3 is 2.47 bits per heavy atom. The largest absolute Gasteiger partial charge is 0.495 e. The van der Waals surface area contributed by atoms with Crippen LogP contribution in [0.1, 0.15) is 48.9 Å². The van der Waals surface area contributed by atoms with Gasteiger partial charge in [-0.05, 0) is 68.4 Å². The minimum atomic E-state index is -0.239. The number of halogens is 1. The first-order valence-corrected chi connectivity index (χ1v) is 12.8. The number of methoxy groups -OCH3 is 1. The van der Waals surface area contributed by atoms with Gasteiger partial charge in [0.1, 0.15) is 11.3 Å². The van der Waals surface area contributed by atoms with Gasteiger partial charge in [-0.2, -0.15) is 0 Å².